The summed E-state index contributed by atoms with van der Waals surface area (Å²) in [5, 5.41) is 1.96. The van der Waals surface area contributed by atoms with Crippen LogP contribution in [0.5, 0.6) is 0 Å². The van der Waals surface area contributed by atoms with E-state index >= 15 is 0 Å². The van der Waals surface area contributed by atoms with Gasteiger partial charge in [-0.15, -0.1) is 11.3 Å². The van der Waals surface area contributed by atoms with Crippen molar-refractivity contribution in [2.45, 2.75) is 25.3 Å². The Morgan fingerprint density at radius 2 is 2.50 bits per heavy atom. The minimum Gasteiger partial charge on any atom is -0.385 e. The first kappa shape index (κ1) is 13.2. The molecule has 0 aliphatic rings. The molecule has 2 N–H and O–H groups in total. The third-order valence-electron chi connectivity index (χ3n) is 2.78. The van der Waals surface area contributed by atoms with Crippen molar-refractivity contribution in [1.29, 1.82) is 0 Å². The van der Waals surface area contributed by atoms with E-state index < -0.39 is 6.04 Å². The Morgan fingerprint density at radius 3 is 3.22 bits per heavy atom. The van der Waals surface area contributed by atoms with Crippen LogP contribution >= 0.6 is 11.3 Å². The number of nitrogens with two attached hydrogens (primary N) is 1. The van der Waals surface area contributed by atoms with Crippen LogP contribution in [-0.2, 0) is 16.0 Å². The topological polar surface area (TPSA) is 69.6 Å². The van der Waals surface area contributed by atoms with Crippen molar-refractivity contribution in [2.75, 3.05) is 13.7 Å². The molecule has 0 aliphatic heterocycles. The molecule has 0 amide bonds. The Labute approximate surface area is 110 Å². The number of thiazole rings is 1. The Hall–Kier alpha value is -1.24. The van der Waals surface area contributed by atoms with Gasteiger partial charge in [0.25, 0.3) is 0 Å². The maximum absolute atomic E-state index is 11.9. The zero-order valence-corrected chi connectivity index (χ0v) is 11.2. The molecule has 6 heteroatoms. The molecule has 5 nitrogen and oxygen atoms in total. The van der Waals surface area contributed by atoms with Gasteiger partial charge in [0.15, 0.2) is 10.7 Å². The largest absolute Gasteiger partial charge is 0.385 e. The van der Waals surface area contributed by atoms with E-state index in [2.05, 4.69) is 4.98 Å². The molecule has 1 atom stereocenters. The zero-order valence-electron chi connectivity index (χ0n) is 10.3. The zero-order chi connectivity index (χ0) is 13.0. The van der Waals surface area contributed by atoms with Gasteiger partial charge in [-0.05, 0) is 12.8 Å². The minimum absolute atomic E-state index is 0.0388. The number of nitrogens with zero attached hydrogens (tertiary/aromatic N) is 2. The second-order valence-corrected chi connectivity index (χ2v) is 5.08. The van der Waals surface area contributed by atoms with Crippen molar-refractivity contribution in [2.24, 2.45) is 5.73 Å². The van der Waals surface area contributed by atoms with E-state index in [1.807, 2.05) is 22.2 Å². The van der Waals surface area contributed by atoms with Gasteiger partial charge in [0.05, 0.1) is 18.2 Å². The number of carbonyl (C=O) groups is 1. The van der Waals surface area contributed by atoms with Gasteiger partial charge in [0.1, 0.15) is 0 Å². The lowest BCUT2D eigenvalue weighted by atomic mass is 10.0. The van der Waals surface area contributed by atoms with Gasteiger partial charge in [-0.1, -0.05) is 0 Å². The first-order valence-electron chi connectivity index (χ1n) is 5.89. The summed E-state index contributed by atoms with van der Waals surface area (Å²) in [5.74, 6) is 0.0388. The van der Waals surface area contributed by atoms with Gasteiger partial charge in [0.2, 0.25) is 0 Å². The van der Waals surface area contributed by atoms with Gasteiger partial charge < -0.3 is 10.5 Å². The van der Waals surface area contributed by atoms with Gasteiger partial charge in [-0.2, -0.15) is 0 Å². The Bertz CT molecular complexity index is 492. The molecule has 0 aliphatic carbocycles. The first-order chi connectivity index (χ1) is 8.70. The summed E-state index contributed by atoms with van der Waals surface area (Å²) in [4.78, 5) is 17.2. The number of hydrogen-bond donors (Lipinski definition) is 1. The van der Waals surface area contributed by atoms with Gasteiger partial charge in [-0.25, -0.2) is 4.98 Å². The SMILES string of the molecule is COCCCC(N)C(=O)Cc1cn2ccsc2n1. The fourth-order valence-electron chi connectivity index (χ4n) is 1.78. The van der Waals surface area contributed by atoms with Crippen LogP contribution in [0.1, 0.15) is 18.5 Å². The maximum Gasteiger partial charge on any atom is 0.193 e. The van der Waals surface area contributed by atoms with Crippen LogP contribution in [0.15, 0.2) is 17.8 Å². The Balaban J connectivity index is 1.88. The van der Waals surface area contributed by atoms with Crippen LogP contribution in [-0.4, -0.2) is 34.9 Å². The highest BCUT2D eigenvalue weighted by atomic mass is 32.1. The molecule has 0 fully saturated rings. The van der Waals surface area contributed by atoms with Crippen molar-refractivity contribution in [3.05, 3.63) is 23.5 Å². The lowest BCUT2D eigenvalue weighted by molar-refractivity contribution is -0.119. The summed E-state index contributed by atoms with van der Waals surface area (Å²) < 4.78 is 6.86. The monoisotopic (exact) mass is 267 g/mol. The van der Waals surface area contributed by atoms with E-state index in [0.29, 0.717) is 19.4 Å². The summed E-state index contributed by atoms with van der Waals surface area (Å²) in [7, 11) is 1.64. The number of Topliss-reactive ketones (excluding diaryl/α,β-unsaturated/α-hetero) is 1. The van der Waals surface area contributed by atoms with Gasteiger partial charge in [0, 0.05) is 31.5 Å². The second kappa shape index (κ2) is 6.08. The molecule has 98 valence electrons. The molecule has 2 aromatic rings. The molecule has 0 spiro atoms. The van der Waals surface area contributed by atoms with E-state index in [0.717, 1.165) is 17.1 Å². The Kier molecular flexibility index (Phi) is 4.46. The number of fused-ring (bicyclic) bond motifs is 1. The van der Waals surface area contributed by atoms with Gasteiger partial charge >= 0.3 is 0 Å². The lowest BCUT2D eigenvalue weighted by Gasteiger charge is -2.08. The second-order valence-electron chi connectivity index (χ2n) is 4.21. The molecule has 18 heavy (non-hydrogen) atoms. The lowest BCUT2D eigenvalue weighted by Crippen LogP contribution is -2.32. The third-order valence-corrected chi connectivity index (χ3v) is 3.55. The number of aromatic nitrogens is 2. The predicted molar refractivity (Wildman–Crippen MR) is 70.9 cm³/mol. The number of ketones is 1. The smallest absolute Gasteiger partial charge is 0.193 e. The van der Waals surface area contributed by atoms with Crippen LogP contribution in [0.2, 0.25) is 0 Å². The number of methoxy groups -OCH3 is 1. The average molecular weight is 267 g/mol. The van der Waals surface area contributed by atoms with E-state index in [1.54, 1.807) is 18.4 Å². The van der Waals surface area contributed by atoms with Crippen LogP contribution in [0, 0.1) is 0 Å². The molecule has 0 radical (unpaired) electrons. The van der Waals surface area contributed by atoms with Crippen LogP contribution in [0.25, 0.3) is 4.96 Å². The van der Waals surface area contributed by atoms with Crippen molar-refractivity contribution < 1.29 is 9.53 Å². The van der Waals surface area contributed by atoms with E-state index in [1.165, 1.54) is 0 Å². The summed E-state index contributed by atoms with van der Waals surface area (Å²) in [5.41, 5.74) is 6.62. The highest BCUT2D eigenvalue weighted by Gasteiger charge is 2.15. The molecule has 0 saturated heterocycles. The van der Waals surface area contributed by atoms with E-state index in [4.69, 9.17) is 10.5 Å². The van der Waals surface area contributed by atoms with Crippen LogP contribution in [0.4, 0.5) is 0 Å². The first-order valence-corrected chi connectivity index (χ1v) is 6.77. The van der Waals surface area contributed by atoms with Crippen molar-refractivity contribution in [1.82, 2.24) is 9.38 Å². The third kappa shape index (κ3) is 3.16. The summed E-state index contributed by atoms with van der Waals surface area (Å²) in [6.07, 6.45) is 5.59. The molecule has 1 unspecified atom stereocenters. The molecular weight excluding hydrogens is 250 g/mol. The van der Waals surface area contributed by atoms with E-state index in [9.17, 15) is 4.79 Å². The predicted octanol–water partition coefficient (Wildman–Crippen LogP) is 1.26. The minimum atomic E-state index is -0.417. The number of carbonyl (C=O) groups excluding carboxylic acids is 1. The molecular formula is C12H17N3O2S. The maximum atomic E-state index is 11.9. The van der Waals surface area contributed by atoms with Crippen molar-refractivity contribution >= 4 is 22.1 Å². The molecule has 0 saturated carbocycles. The summed E-state index contributed by atoms with van der Waals surface area (Å²) >= 11 is 1.55. The fraction of sp³-hybridized carbons (Fsp3) is 0.500. The normalized spacial score (nSPS) is 13.0. The summed E-state index contributed by atoms with van der Waals surface area (Å²) in [6, 6.07) is -0.417. The standard InChI is InChI=1S/C12H17N3O2S/c1-17-5-2-3-10(13)11(16)7-9-8-15-4-6-18-12(15)14-9/h4,6,8,10H,2-3,5,7,13H2,1H3. The number of ether oxygens (including phenoxy) is 1. The van der Waals surface area contributed by atoms with Crippen LogP contribution < -0.4 is 5.73 Å². The van der Waals surface area contributed by atoms with Crippen molar-refractivity contribution in [3.63, 3.8) is 0 Å². The molecule has 0 aromatic carbocycles. The summed E-state index contributed by atoms with van der Waals surface area (Å²) in [6.45, 7) is 0.640. The molecule has 2 aromatic heterocycles. The van der Waals surface area contributed by atoms with Crippen LogP contribution in [0.3, 0.4) is 0 Å². The highest BCUT2D eigenvalue weighted by molar-refractivity contribution is 7.15. The molecule has 2 rings (SSSR count). The average Bonchev–Trinajstić information content (AvgIpc) is 2.89. The fourth-order valence-corrected chi connectivity index (χ4v) is 2.50. The van der Waals surface area contributed by atoms with E-state index in [-0.39, 0.29) is 5.78 Å². The number of imidazole rings is 1. The molecule has 0 bridgehead atoms. The quantitative estimate of drug-likeness (QED) is 0.767. The van der Waals surface area contributed by atoms with Crippen molar-refractivity contribution in [3.8, 4) is 0 Å². The number of hydrogen-bond acceptors (Lipinski definition) is 5. The molecule has 2 heterocycles. The highest BCUT2D eigenvalue weighted by Crippen LogP contribution is 2.12. The Morgan fingerprint density at radius 1 is 1.67 bits per heavy atom. The number of rotatable bonds is 7. The van der Waals surface area contributed by atoms with Gasteiger partial charge in [-0.3, -0.25) is 9.20 Å².